The molecule has 0 aromatic heterocycles. The Labute approximate surface area is 119 Å². The summed E-state index contributed by atoms with van der Waals surface area (Å²) in [6.45, 7) is 7.72. The fourth-order valence-electron chi connectivity index (χ4n) is 1.49. The highest BCUT2D eigenvalue weighted by Crippen LogP contribution is 2.16. The van der Waals surface area contributed by atoms with Crippen molar-refractivity contribution in [3.8, 4) is 5.75 Å². The Kier molecular flexibility index (Phi) is 6.29. The van der Waals surface area contributed by atoms with Crippen LogP contribution < -0.4 is 15.4 Å². The van der Waals surface area contributed by atoms with Crippen LogP contribution in [-0.4, -0.2) is 24.5 Å². The van der Waals surface area contributed by atoms with Gasteiger partial charge in [0.1, 0.15) is 12.2 Å². The predicted octanol–water partition coefficient (Wildman–Crippen LogP) is 2.10. The standard InChI is InChI=1S/C15H20N2O3/c1-4-9-16-14(18)10-15(19)17-12-5-7-13(8-6-12)20-11(2)3/h4-8,11H,1,9-10H2,2-3H3,(H,16,18)(H,17,19). The largest absolute Gasteiger partial charge is 0.491 e. The fourth-order valence-corrected chi connectivity index (χ4v) is 1.49. The van der Waals surface area contributed by atoms with E-state index in [1.807, 2.05) is 13.8 Å². The lowest BCUT2D eigenvalue weighted by Crippen LogP contribution is -2.28. The number of anilines is 1. The average molecular weight is 276 g/mol. The molecule has 108 valence electrons. The molecule has 0 unspecified atom stereocenters. The number of ether oxygens (including phenoxy) is 1. The summed E-state index contributed by atoms with van der Waals surface area (Å²) in [7, 11) is 0. The molecule has 1 aromatic rings. The molecule has 2 N–H and O–H groups in total. The number of carbonyl (C=O) groups excluding carboxylic acids is 2. The maximum Gasteiger partial charge on any atom is 0.233 e. The molecule has 0 aliphatic rings. The van der Waals surface area contributed by atoms with Crippen LogP contribution in [0.5, 0.6) is 5.75 Å². The van der Waals surface area contributed by atoms with E-state index in [0.717, 1.165) is 5.75 Å². The summed E-state index contributed by atoms with van der Waals surface area (Å²) in [5.74, 6) is 0.0491. The first-order valence-electron chi connectivity index (χ1n) is 6.45. The van der Waals surface area contributed by atoms with E-state index < -0.39 is 0 Å². The van der Waals surface area contributed by atoms with Crippen molar-refractivity contribution in [3.05, 3.63) is 36.9 Å². The van der Waals surface area contributed by atoms with E-state index in [4.69, 9.17) is 4.74 Å². The first-order valence-corrected chi connectivity index (χ1v) is 6.45. The SMILES string of the molecule is C=CCNC(=O)CC(=O)Nc1ccc(OC(C)C)cc1. The van der Waals surface area contributed by atoms with Gasteiger partial charge in [-0.2, -0.15) is 0 Å². The van der Waals surface area contributed by atoms with Crippen LogP contribution in [0.25, 0.3) is 0 Å². The smallest absolute Gasteiger partial charge is 0.233 e. The van der Waals surface area contributed by atoms with Crippen molar-refractivity contribution in [2.45, 2.75) is 26.4 Å². The van der Waals surface area contributed by atoms with E-state index in [1.54, 1.807) is 30.3 Å². The summed E-state index contributed by atoms with van der Waals surface area (Å²) < 4.78 is 5.50. The van der Waals surface area contributed by atoms with Crippen LogP contribution in [0.4, 0.5) is 5.69 Å². The van der Waals surface area contributed by atoms with E-state index in [0.29, 0.717) is 12.2 Å². The van der Waals surface area contributed by atoms with Crippen molar-refractivity contribution in [1.82, 2.24) is 5.32 Å². The lowest BCUT2D eigenvalue weighted by molar-refractivity contribution is -0.126. The second-order valence-corrected chi connectivity index (χ2v) is 4.51. The molecule has 1 rings (SSSR count). The lowest BCUT2D eigenvalue weighted by Gasteiger charge is -2.10. The van der Waals surface area contributed by atoms with E-state index in [1.165, 1.54) is 0 Å². The highest BCUT2D eigenvalue weighted by Gasteiger charge is 2.08. The van der Waals surface area contributed by atoms with Gasteiger partial charge in [0.15, 0.2) is 0 Å². The minimum absolute atomic E-state index is 0.101. The zero-order chi connectivity index (χ0) is 15.0. The molecule has 1 aromatic carbocycles. The number of hydrogen-bond donors (Lipinski definition) is 2. The highest BCUT2D eigenvalue weighted by atomic mass is 16.5. The third kappa shape index (κ3) is 6.04. The summed E-state index contributed by atoms with van der Waals surface area (Å²) in [5.41, 5.74) is 0.627. The molecule has 5 nitrogen and oxygen atoms in total. The zero-order valence-corrected chi connectivity index (χ0v) is 11.8. The number of rotatable bonds is 7. The van der Waals surface area contributed by atoms with Gasteiger partial charge in [0.25, 0.3) is 0 Å². The van der Waals surface area contributed by atoms with Gasteiger partial charge in [-0.25, -0.2) is 0 Å². The lowest BCUT2D eigenvalue weighted by atomic mass is 10.3. The monoisotopic (exact) mass is 276 g/mol. The minimum Gasteiger partial charge on any atom is -0.491 e. The number of hydrogen-bond acceptors (Lipinski definition) is 3. The van der Waals surface area contributed by atoms with Crippen LogP contribution in [0.15, 0.2) is 36.9 Å². The van der Waals surface area contributed by atoms with Crippen LogP contribution in [0.2, 0.25) is 0 Å². The van der Waals surface area contributed by atoms with Gasteiger partial charge >= 0.3 is 0 Å². The maximum absolute atomic E-state index is 11.6. The molecular weight excluding hydrogens is 256 g/mol. The van der Waals surface area contributed by atoms with Crippen LogP contribution >= 0.6 is 0 Å². The Morgan fingerprint density at radius 1 is 1.25 bits per heavy atom. The van der Waals surface area contributed by atoms with Gasteiger partial charge in [-0.1, -0.05) is 6.08 Å². The van der Waals surface area contributed by atoms with Gasteiger partial charge in [0.2, 0.25) is 11.8 Å². The Morgan fingerprint density at radius 3 is 2.45 bits per heavy atom. The summed E-state index contributed by atoms with van der Waals surface area (Å²) in [5, 5.41) is 5.19. The Hall–Kier alpha value is -2.30. The number of amides is 2. The molecule has 0 bridgehead atoms. The number of benzene rings is 1. The Bertz CT molecular complexity index is 467. The summed E-state index contributed by atoms with van der Waals surface area (Å²) in [6, 6.07) is 7.01. The highest BCUT2D eigenvalue weighted by molar-refractivity contribution is 6.03. The predicted molar refractivity (Wildman–Crippen MR) is 78.7 cm³/mol. The van der Waals surface area contributed by atoms with Crippen molar-refractivity contribution >= 4 is 17.5 Å². The number of nitrogens with one attached hydrogen (secondary N) is 2. The quantitative estimate of drug-likeness (QED) is 0.592. The number of carbonyl (C=O) groups is 2. The Balaban J connectivity index is 2.45. The summed E-state index contributed by atoms with van der Waals surface area (Å²) >= 11 is 0. The molecule has 2 amide bonds. The first-order chi connectivity index (χ1) is 9.51. The van der Waals surface area contributed by atoms with Gasteiger partial charge < -0.3 is 15.4 Å². The molecule has 0 atom stereocenters. The molecule has 0 fully saturated rings. The van der Waals surface area contributed by atoms with Gasteiger partial charge in [-0.15, -0.1) is 6.58 Å². The minimum atomic E-state index is -0.357. The molecule has 0 aliphatic heterocycles. The summed E-state index contributed by atoms with van der Waals surface area (Å²) in [6.07, 6.45) is 1.45. The molecular formula is C15H20N2O3. The van der Waals surface area contributed by atoms with Gasteiger partial charge in [0.05, 0.1) is 6.10 Å². The van der Waals surface area contributed by atoms with Gasteiger partial charge in [-0.3, -0.25) is 9.59 Å². The summed E-state index contributed by atoms with van der Waals surface area (Å²) in [4.78, 5) is 23.0. The van der Waals surface area contributed by atoms with Crippen molar-refractivity contribution in [1.29, 1.82) is 0 Å². The van der Waals surface area contributed by atoms with Crippen LogP contribution in [0, 0.1) is 0 Å². The normalized spacial score (nSPS) is 9.95. The van der Waals surface area contributed by atoms with Crippen LogP contribution in [0.1, 0.15) is 20.3 Å². The topological polar surface area (TPSA) is 67.4 Å². The van der Waals surface area contributed by atoms with Gasteiger partial charge in [-0.05, 0) is 38.1 Å². The molecule has 20 heavy (non-hydrogen) atoms. The molecule has 0 saturated heterocycles. The fraction of sp³-hybridized carbons (Fsp3) is 0.333. The molecule has 0 saturated carbocycles. The van der Waals surface area contributed by atoms with Crippen LogP contribution in [0.3, 0.4) is 0 Å². The molecule has 0 aliphatic carbocycles. The molecule has 0 spiro atoms. The molecule has 0 heterocycles. The third-order valence-corrected chi connectivity index (χ3v) is 2.27. The average Bonchev–Trinajstić information content (AvgIpc) is 2.38. The van der Waals surface area contributed by atoms with E-state index in [2.05, 4.69) is 17.2 Å². The van der Waals surface area contributed by atoms with E-state index >= 15 is 0 Å². The first kappa shape index (κ1) is 15.8. The van der Waals surface area contributed by atoms with E-state index in [-0.39, 0.29) is 24.3 Å². The zero-order valence-electron chi connectivity index (χ0n) is 11.8. The second kappa shape index (κ2) is 7.99. The van der Waals surface area contributed by atoms with Crippen molar-refractivity contribution < 1.29 is 14.3 Å². The van der Waals surface area contributed by atoms with E-state index in [9.17, 15) is 9.59 Å². The Morgan fingerprint density at radius 2 is 1.90 bits per heavy atom. The van der Waals surface area contributed by atoms with Gasteiger partial charge in [0, 0.05) is 12.2 Å². The van der Waals surface area contributed by atoms with Crippen LogP contribution in [-0.2, 0) is 9.59 Å². The molecule has 5 heteroatoms. The van der Waals surface area contributed by atoms with Crippen molar-refractivity contribution in [2.24, 2.45) is 0 Å². The molecule has 0 radical (unpaired) electrons. The third-order valence-electron chi connectivity index (χ3n) is 2.27. The second-order valence-electron chi connectivity index (χ2n) is 4.51. The van der Waals surface area contributed by atoms with Crippen molar-refractivity contribution in [3.63, 3.8) is 0 Å². The van der Waals surface area contributed by atoms with Crippen molar-refractivity contribution in [2.75, 3.05) is 11.9 Å². The maximum atomic E-state index is 11.6.